The Hall–Kier alpha value is -0.540. The maximum atomic E-state index is 6.14. The number of aromatic nitrogens is 2. The van der Waals surface area contributed by atoms with Gasteiger partial charge in [-0.3, -0.25) is 4.68 Å². The summed E-state index contributed by atoms with van der Waals surface area (Å²) in [6.07, 6.45) is 2.89. The van der Waals surface area contributed by atoms with E-state index in [2.05, 4.69) is 17.3 Å². The fourth-order valence-electron chi connectivity index (χ4n) is 2.26. The Labute approximate surface area is 89.4 Å². The van der Waals surface area contributed by atoms with Gasteiger partial charge in [0.05, 0.1) is 16.9 Å². The van der Waals surface area contributed by atoms with Crippen LogP contribution in [0.15, 0.2) is 6.20 Å². The van der Waals surface area contributed by atoms with E-state index in [-0.39, 0.29) is 0 Å². The lowest BCUT2D eigenvalue weighted by atomic mass is 9.85. The fraction of sp³-hybridized carbons (Fsp3) is 0.700. The largest absolute Gasteiger partial charge is 0.316 e. The zero-order valence-electron chi connectivity index (χ0n) is 8.63. The highest BCUT2D eigenvalue weighted by Crippen LogP contribution is 2.33. The van der Waals surface area contributed by atoms with E-state index in [1.807, 2.05) is 11.7 Å². The predicted molar refractivity (Wildman–Crippen MR) is 57.6 cm³/mol. The summed E-state index contributed by atoms with van der Waals surface area (Å²) in [6, 6.07) is 0. The van der Waals surface area contributed by atoms with Gasteiger partial charge in [-0.2, -0.15) is 5.10 Å². The highest BCUT2D eigenvalue weighted by Gasteiger charge is 2.26. The van der Waals surface area contributed by atoms with Crippen molar-refractivity contribution < 1.29 is 0 Å². The molecule has 4 heteroatoms. The van der Waals surface area contributed by atoms with Crippen LogP contribution in [0.1, 0.15) is 25.0 Å². The topological polar surface area (TPSA) is 29.9 Å². The summed E-state index contributed by atoms with van der Waals surface area (Å²) in [5.41, 5.74) is 1.20. The number of piperidine rings is 1. The van der Waals surface area contributed by atoms with Crippen molar-refractivity contribution in [3.8, 4) is 0 Å². The highest BCUT2D eigenvalue weighted by molar-refractivity contribution is 6.31. The minimum Gasteiger partial charge on any atom is -0.316 e. The lowest BCUT2D eigenvalue weighted by molar-refractivity contribution is 0.336. The average Bonchev–Trinajstić information content (AvgIpc) is 2.48. The summed E-state index contributed by atoms with van der Waals surface area (Å²) in [5.74, 6) is 1.19. The second kappa shape index (κ2) is 3.91. The Morgan fingerprint density at radius 1 is 1.64 bits per heavy atom. The molecule has 1 N–H and O–H groups in total. The van der Waals surface area contributed by atoms with Crippen LogP contribution in [0.4, 0.5) is 0 Å². The van der Waals surface area contributed by atoms with Crippen LogP contribution >= 0.6 is 11.6 Å². The molecule has 1 fully saturated rings. The minimum absolute atomic E-state index is 0.552. The molecule has 0 spiro atoms. The normalized spacial score (nSPS) is 27.9. The zero-order valence-corrected chi connectivity index (χ0v) is 9.38. The molecular weight excluding hydrogens is 198 g/mol. The van der Waals surface area contributed by atoms with E-state index in [1.54, 1.807) is 6.20 Å². The Balaban J connectivity index is 2.28. The molecule has 2 rings (SSSR count). The molecule has 1 saturated heterocycles. The third-order valence-electron chi connectivity index (χ3n) is 3.07. The lowest BCUT2D eigenvalue weighted by Gasteiger charge is -2.29. The van der Waals surface area contributed by atoms with Gasteiger partial charge in [-0.15, -0.1) is 0 Å². The van der Waals surface area contributed by atoms with E-state index < -0.39 is 0 Å². The fourth-order valence-corrected chi connectivity index (χ4v) is 2.56. The van der Waals surface area contributed by atoms with E-state index in [1.165, 1.54) is 5.69 Å². The Bertz CT molecular complexity index is 302. The third kappa shape index (κ3) is 1.66. The molecule has 1 aromatic heterocycles. The molecule has 1 aliphatic heterocycles. The first kappa shape index (κ1) is 9.99. The van der Waals surface area contributed by atoms with Gasteiger partial charge in [0, 0.05) is 13.0 Å². The molecule has 0 aromatic carbocycles. The number of rotatable bonds is 1. The van der Waals surface area contributed by atoms with E-state index >= 15 is 0 Å². The molecule has 2 unspecified atom stereocenters. The molecule has 0 bridgehead atoms. The van der Waals surface area contributed by atoms with Crippen molar-refractivity contribution in [2.75, 3.05) is 13.1 Å². The van der Waals surface area contributed by atoms with Crippen LogP contribution in [0.2, 0.25) is 5.02 Å². The lowest BCUT2D eigenvalue weighted by Crippen LogP contribution is -2.34. The maximum absolute atomic E-state index is 6.14. The van der Waals surface area contributed by atoms with Crippen molar-refractivity contribution in [2.24, 2.45) is 13.0 Å². The highest BCUT2D eigenvalue weighted by atomic mass is 35.5. The summed E-state index contributed by atoms with van der Waals surface area (Å²) in [5, 5.41) is 8.39. The number of hydrogen-bond acceptors (Lipinski definition) is 2. The summed E-state index contributed by atoms with van der Waals surface area (Å²) in [7, 11) is 1.97. The number of nitrogens with one attached hydrogen (secondary N) is 1. The molecule has 1 aliphatic rings. The summed E-state index contributed by atoms with van der Waals surface area (Å²) in [6.45, 7) is 4.42. The molecule has 2 heterocycles. The van der Waals surface area contributed by atoms with Crippen LogP contribution in [0.3, 0.4) is 0 Å². The van der Waals surface area contributed by atoms with Crippen molar-refractivity contribution in [3.63, 3.8) is 0 Å². The van der Waals surface area contributed by atoms with E-state index in [4.69, 9.17) is 11.6 Å². The first-order valence-electron chi connectivity index (χ1n) is 5.08. The number of hydrogen-bond donors (Lipinski definition) is 1. The number of nitrogens with zero attached hydrogens (tertiary/aromatic N) is 2. The quantitative estimate of drug-likeness (QED) is 0.771. The molecule has 3 nitrogen and oxygen atoms in total. The molecule has 0 aliphatic carbocycles. The van der Waals surface area contributed by atoms with Gasteiger partial charge in [0.15, 0.2) is 0 Å². The van der Waals surface area contributed by atoms with Gasteiger partial charge >= 0.3 is 0 Å². The van der Waals surface area contributed by atoms with Crippen molar-refractivity contribution in [1.29, 1.82) is 0 Å². The standard InChI is InChI=1S/C10H16ClN3/c1-7-5-12-4-3-8(7)10-9(11)6-13-14(10)2/h6-8,12H,3-5H2,1-2H3. The van der Waals surface area contributed by atoms with E-state index in [0.29, 0.717) is 11.8 Å². The van der Waals surface area contributed by atoms with E-state index in [0.717, 1.165) is 24.5 Å². The second-order valence-electron chi connectivity index (χ2n) is 4.08. The first-order chi connectivity index (χ1) is 6.70. The molecule has 0 amide bonds. The molecule has 78 valence electrons. The van der Waals surface area contributed by atoms with Gasteiger partial charge in [-0.1, -0.05) is 18.5 Å². The molecule has 2 atom stereocenters. The smallest absolute Gasteiger partial charge is 0.0820 e. The number of halogens is 1. The SMILES string of the molecule is CC1CNCCC1c1c(Cl)cnn1C. The Morgan fingerprint density at radius 3 is 3.00 bits per heavy atom. The molecular formula is C10H16ClN3. The van der Waals surface area contributed by atoms with Gasteiger partial charge in [0.1, 0.15) is 0 Å². The third-order valence-corrected chi connectivity index (χ3v) is 3.37. The van der Waals surface area contributed by atoms with Crippen molar-refractivity contribution in [2.45, 2.75) is 19.3 Å². The van der Waals surface area contributed by atoms with Gasteiger partial charge < -0.3 is 5.32 Å². The number of aryl methyl sites for hydroxylation is 1. The second-order valence-corrected chi connectivity index (χ2v) is 4.49. The Kier molecular flexibility index (Phi) is 2.79. The molecule has 1 aromatic rings. The predicted octanol–water partition coefficient (Wildman–Crippen LogP) is 1.79. The van der Waals surface area contributed by atoms with Crippen molar-refractivity contribution in [1.82, 2.24) is 15.1 Å². The molecule has 14 heavy (non-hydrogen) atoms. The maximum Gasteiger partial charge on any atom is 0.0820 e. The molecule has 0 saturated carbocycles. The summed E-state index contributed by atoms with van der Waals surface area (Å²) < 4.78 is 1.91. The summed E-state index contributed by atoms with van der Waals surface area (Å²) in [4.78, 5) is 0. The van der Waals surface area contributed by atoms with Crippen LogP contribution in [0.25, 0.3) is 0 Å². The van der Waals surface area contributed by atoms with Crippen LogP contribution < -0.4 is 5.32 Å². The van der Waals surface area contributed by atoms with Gasteiger partial charge in [-0.25, -0.2) is 0 Å². The van der Waals surface area contributed by atoms with Crippen molar-refractivity contribution >= 4 is 11.6 Å². The Morgan fingerprint density at radius 2 is 2.43 bits per heavy atom. The van der Waals surface area contributed by atoms with Crippen molar-refractivity contribution in [3.05, 3.63) is 16.9 Å². The zero-order chi connectivity index (χ0) is 10.1. The molecule has 0 radical (unpaired) electrons. The average molecular weight is 214 g/mol. The monoisotopic (exact) mass is 213 g/mol. The van der Waals surface area contributed by atoms with Crippen LogP contribution in [-0.4, -0.2) is 22.9 Å². The van der Waals surface area contributed by atoms with Gasteiger partial charge in [0.2, 0.25) is 0 Å². The van der Waals surface area contributed by atoms with Crippen LogP contribution in [0.5, 0.6) is 0 Å². The van der Waals surface area contributed by atoms with Gasteiger partial charge in [-0.05, 0) is 25.4 Å². The minimum atomic E-state index is 0.552. The summed E-state index contributed by atoms with van der Waals surface area (Å²) >= 11 is 6.14. The first-order valence-corrected chi connectivity index (χ1v) is 5.46. The van der Waals surface area contributed by atoms with Crippen LogP contribution in [-0.2, 0) is 7.05 Å². The van der Waals surface area contributed by atoms with Gasteiger partial charge in [0.25, 0.3) is 0 Å². The van der Waals surface area contributed by atoms with E-state index in [9.17, 15) is 0 Å². The van der Waals surface area contributed by atoms with Crippen LogP contribution in [0, 0.1) is 5.92 Å².